The van der Waals surface area contributed by atoms with Gasteiger partial charge in [0.05, 0.1) is 0 Å². The summed E-state index contributed by atoms with van der Waals surface area (Å²) in [6.45, 7) is 5.54. The van der Waals surface area contributed by atoms with Gasteiger partial charge in [-0.05, 0) is 13.8 Å². The summed E-state index contributed by atoms with van der Waals surface area (Å²) in [5.41, 5.74) is 0. The van der Waals surface area contributed by atoms with Gasteiger partial charge < -0.3 is 14.2 Å². The fourth-order valence-electron chi connectivity index (χ4n) is 1.94. The molecule has 2 rings (SSSR count). The van der Waals surface area contributed by atoms with Crippen molar-refractivity contribution in [3.63, 3.8) is 0 Å². The summed E-state index contributed by atoms with van der Waals surface area (Å²) in [5, 5.41) is 0. The summed E-state index contributed by atoms with van der Waals surface area (Å²) in [6.07, 6.45) is 0.371. The molecule has 2 saturated heterocycles. The van der Waals surface area contributed by atoms with E-state index in [1.165, 1.54) is 0 Å². The Labute approximate surface area is 83.5 Å². The number of fused-ring (bicyclic) bond motifs is 1. The minimum Gasteiger partial charge on any atom is -0.342 e. The van der Waals surface area contributed by atoms with Gasteiger partial charge >= 0.3 is 0 Å². The maximum Gasteiger partial charge on any atom is 0.188 e. The Balaban J connectivity index is 1.97. The average molecular weight is 200 g/mol. The highest BCUT2D eigenvalue weighted by atomic mass is 16.8. The van der Waals surface area contributed by atoms with Gasteiger partial charge in [0.1, 0.15) is 12.2 Å². The Morgan fingerprint density at radius 3 is 2.71 bits per heavy atom. The van der Waals surface area contributed by atoms with E-state index in [1.807, 2.05) is 20.8 Å². The minimum absolute atomic E-state index is 0.0782. The number of rotatable bonds is 2. The Bertz CT molecular complexity index is 233. The molecule has 0 aromatic carbocycles. The highest BCUT2D eigenvalue weighted by molar-refractivity contribution is 5.83. The van der Waals surface area contributed by atoms with Crippen LogP contribution in [0.2, 0.25) is 0 Å². The predicted molar refractivity (Wildman–Crippen MR) is 48.6 cm³/mol. The molecular weight excluding hydrogens is 184 g/mol. The fraction of sp³-hybridized carbons (Fsp3) is 0.900. The maximum absolute atomic E-state index is 11.4. The predicted octanol–water partition coefficient (Wildman–Crippen LogP) is 1.23. The Hall–Kier alpha value is -0.450. The van der Waals surface area contributed by atoms with Crippen LogP contribution in [0.25, 0.3) is 0 Å². The van der Waals surface area contributed by atoms with Crippen LogP contribution in [-0.2, 0) is 19.0 Å². The molecule has 80 valence electrons. The zero-order valence-corrected chi connectivity index (χ0v) is 8.78. The van der Waals surface area contributed by atoms with Crippen molar-refractivity contribution in [2.75, 3.05) is 0 Å². The number of carbonyl (C=O) groups excluding carboxylic acids is 1. The van der Waals surface area contributed by atoms with E-state index in [1.54, 1.807) is 0 Å². The zero-order chi connectivity index (χ0) is 10.3. The molecule has 0 N–H and O–H groups in total. The third kappa shape index (κ3) is 1.69. The van der Waals surface area contributed by atoms with E-state index in [0.29, 0.717) is 12.8 Å². The van der Waals surface area contributed by atoms with Gasteiger partial charge in [-0.1, -0.05) is 6.92 Å². The first-order valence-corrected chi connectivity index (χ1v) is 5.05. The van der Waals surface area contributed by atoms with Crippen LogP contribution in [0.5, 0.6) is 0 Å². The van der Waals surface area contributed by atoms with Gasteiger partial charge in [0.2, 0.25) is 0 Å². The molecule has 0 spiro atoms. The lowest BCUT2D eigenvalue weighted by molar-refractivity contribution is -0.205. The molecule has 0 bridgehead atoms. The second kappa shape index (κ2) is 3.29. The van der Waals surface area contributed by atoms with Gasteiger partial charge in [-0.15, -0.1) is 0 Å². The number of ketones is 1. The van der Waals surface area contributed by atoms with Gasteiger partial charge in [-0.25, -0.2) is 0 Å². The van der Waals surface area contributed by atoms with E-state index in [-0.39, 0.29) is 24.3 Å². The smallest absolute Gasteiger partial charge is 0.188 e. The first-order chi connectivity index (χ1) is 6.52. The number of ether oxygens (including phenoxy) is 3. The number of hydrogen-bond acceptors (Lipinski definition) is 4. The van der Waals surface area contributed by atoms with E-state index < -0.39 is 5.79 Å². The topological polar surface area (TPSA) is 44.8 Å². The van der Waals surface area contributed by atoms with Crippen LogP contribution in [0, 0.1) is 0 Å². The van der Waals surface area contributed by atoms with Gasteiger partial charge in [0.25, 0.3) is 0 Å². The quantitative estimate of drug-likeness (QED) is 0.672. The first kappa shape index (κ1) is 10.1. The van der Waals surface area contributed by atoms with Crippen molar-refractivity contribution in [2.24, 2.45) is 0 Å². The molecule has 4 heteroatoms. The van der Waals surface area contributed by atoms with Crippen LogP contribution >= 0.6 is 0 Å². The number of carbonyl (C=O) groups is 1. The second-order valence-electron chi connectivity index (χ2n) is 4.22. The van der Waals surface area contributed by atoms with E-state index in [4.69, 9.17) is 14.2 Å². The normalized spacial score (nSPS) is 39.8. The van der Waals surface area contributed by atoms with Crippen molar-refractivity contribution in [3.05, 3.63) is 0 Å². The molecule has 2 heterocycles. The molecule has 14 heavy (non-hydrogen) atoms. The van der Waals surface area contributed by atoms with Crippen LogP contribution in [0.1, 0.15) is 33.6 Å². The van der Waals surface area contributed by atoms with Crippen molar-refractivity contribution in [1.29, 1.82) is 0 Å². The molecule has 0 amide bonds. The Kier molecular flexibility index (Phi) is 2.37. The van der Waals surface area contributed by atoms with Gasteiger partial charge in [-0.3, -0.25) is 4.79 Å². The number of Topliss-reactive ketones (excluding diaryl/α,β-unsaturated/α-hetero) is 1. The van der Waals surface area contributed by atoms with Crippen molar-refractivity contribution in [3.8, 4) is 0 Å². The van der Waals surface area contributed by atoms with Crippen LogP contribution in [0.3, 0.4) is 0 Å². The largest absolute Gasteiger partial charge is 0.342 e. The van der Waals surface area contributed by atoms with Crippen LogP contribution in [0.15, 0.2) is 0 Å². The number of hydrogen-bond donors (Lipinski definition) is 0. The maximum atomic E-state index is 11.4. The average Bonchev–Trinajstić information content (AvgIpc) is 2.56. The molecule has 0 aromatic heterocycles. The molecule has 0 saturated carbocycles. The SMILES string of the molecule is CCC(=O)[C@@H]1C[C@H]2OC(C)(C)O[C@H]2O1. The summed E-state index contributed by atoms with van der Waals surface area (Å²) in [6, 6.07) is 0. The molecule has 3 atom stereocenters. The Morgan fingerprint density at radius 2 is 2.14 bits per heavy atom. The van der Waals surface area contributed by atoms with E-state index >= 15 is 0 Å². The van der Waals surface area contributed by atoms with Gasteiger partial charge in [0.15, 0.2) is 17.9 Å². The summed E-state index contributed by atoms with van der Waals surface area (Å²) in [5.74, 6) is -0.445. The summed E-state index contributed by atoms with van der Waals surface area (Å²) in [7, 11) is 0. The monoisotopic (exact) mass is 200 g/mol. The molecule has 2 aliphatic heterocycles. The Morgan fingerprint density at radius 1 is 1.43 bits per heavy atom. The molecule has 0 aromatic rings. The third-order valence-electron chi connectivity index (χ3n) is 2.59. The van der Waals surface area contributed by atoms with Crippen molar-refractivity contribution in [1.82, 2.24) is 0 Å². The fourth-order valence-corrected chi connectivity index (χ4v) is 1.94. The van der Waals surface area contributed by atoms with E-state index in [9.17, 15) is 4.79 Å². The van der Waals surface area contributed by atoms with Crippen molar-refractivity contribution >= 4 is 5.78 Å². The lowest BCUT2D eigenvalue weighted by atomic mass is 10.1. The van der Waals surface area contributed by atoms with Crippen LogP contribution < -0.4 is 0 Å². The molecular formula is C10H16O4. The standard InChI is InChI=1S/C10H16O4/c1-4-6(11)7-5-8-9(12-7)14-10(2,3)13-8/h7-9H,4-5H2,1-3H3/t7-,8+,9+/m0/s1. The summed E-state index contributed by atoms with van der Waals surface area (Å²) < 4.78 is 16.6. The van der Waals surface area contributed by atoms with E-state index in [0.717, 1.165) is 0 Å². The van der Waals surface area contributed by atoms with Gasteiger partial charge in [0, 0.05) is 12.8 Å². The second-order valence-corrected chi connectivity index (χ2v) is 4.22. The highest BCUT2D eigenvalue weighted by Gasteiger charge is 2.49. The molecule has 2 fully saturated rings. The lowest BCUT2D eigenvalue weighted by Crippen LogP contribution is -2.27. The summed E-state index contributed by atoms with van der Waals surface area (Å²) in [4.78, 5) is 11.4. The summed E-state index contributed by atoms with van der Waals surface area (Å²) >= 11 is 0. The van der Waals surface area contributed by atoms with Crippen molar-refractivity contribution < 1.29 is 19.0 Å². The van der Waals surface area contributed by atoms with Crippen LogP contribution in [0.4, 0.5) is 0 Å². The molecule has 2 aliphatic rings. The highest BCUT2D eigenvalue weighted by Crippen LogP contribution is 2.37. The third-order valence-corrected chi connectivity index (χ3v) is 2.59. The lowest BCUT2D eigenvalue weighted by Gasteiger charge is -2.19. The minimum atomic E-state index is -0.574. The zero-order valence-electron chi connectivity index (χ0n) is 8.78. The molecule has 0 unspecified atom stereocenters. The van der Waals surface area contributed by atoms with E-state index in [2.05, 4.69) is 0 Å². The molecule has 4 nitrogen and oxygen atoms in total. The molecule has 0 radical (unpaired) electrons. The van der Waals surface area contributed by atoms with Gasteiger partial charge in [-0.2, -0.15) is 0 Å². The first-order valence-electron chi connectivity index (χ1n) is 5.05. The van der Waals surface area contributed by atoms with Crippen LogP contribution in [-0.4, -0.2) is 30.1 Å². The molecule has 0 aliphatic carbocycles. The van der Waals surface area contributed by atoms with Crippen molar-refractivity contribution in [2.45, 2.75) is 57.9 Å².